The Kier molecular flexibility index (Phi) is 3.69. The van der Waals surface area contributed by atoms with Gasteiger partial charge in [-0.05, 0) is 36.1 Å². The minimum Gasteiger partial charge on any atom is -0.367 e. The Bertz CT molecular complexity index is 758. The summed E-state index contributed by atoms with van der Waals surface area (Å²) in [5, 5.41) is 10.8. The average Bonchev–Trinajstić information content (AvgIpc) is 2.99. The highest BCUT2D eigenvalue weighted by molar-refractivity contribution is 5.91. The van der Waals surface area contributed by atoms with E-state index in [9.17, 15) is 4.79 Å². The molecule has 1 spiro atoms. The normalized spacial score (nSPS) is 22.5. The van der Waals surface area contributed by atoms with Gasteiger partial charge in [-0.25, -0.2) is 0 Å². The van der Waals surface area contributed by atoms with Crippen LogP contribution in [-0.4, -0.2) is 42.8 Å². The van der Waals surface area contributed by atoms with Crippen LogP contribution in [0.15, 0.2) is 36.4 Å². The van der Waals surface area contributed by atoms with Crippen molar-refractivity contribution in [3.05, 3.63) is 53.2 Å². The lowest BCUT2D eigenvalue weighted by molar-refractivity contribution is -0.0594. The molecule has 0 bridgehead atoms. The fourth-order valence-corrected chi connectivity index (χ4v) is 3.69. The number of ether oxygens (including phenoxy) is 1. The molecule has 6 heteroatoms. The molecule has 1 aromatic carbocycles. The number of nitrogens with zero attached hydrogens (tertiary/aromatic N) is 3. The van der Waals surface area contributed by atoms with Gasteiger partial charge in [0.05, 0.1) is 13.2 Å². The third-order valence-corrected chi connectivity index (χ3v) is 4.93. The van der Waals surface area contributed by atoms with Gasteiger partial charge in [0.25, 0.3) is 5.91 Å². The smallest absolute Gasteiger partial charge is 0.271 e. The number of carbonyl (C=O) groups is 1. The molecule has 1 unspecified atom stereocenters. The van der Waals surface area contributed by atoms with Gasteiger partial charge < -0.3 is 15.0 Å². The number of hydrogen-bond acceptors (Lipinski definition) is 5. The molecule has 2 aliphatic rings. The predicted molar refractivity (Wildman–Crippen MR) is 90.0 cm³/mol. The Morgan fingerprint density at radius 3 is 2.92 bits per heavy atom. The standard InChI is InChI=1S/C18H20N4O2/c1-19-17(23)15-6-7-16(21-20-15)22-10-11-24-18(12-22)9-8-13-4-2-3-5-14(13)18/h2-7H,8-12H2,1H3,(H,19,23). The average molecular weight is 324 g/mol. The zero-order valence-electron chi connectivity index (χ0n) is 13.7. The highest BCUT2D eigenvalue weighted by Gasteiger charge is 2.43. The lowest BCUT2D eigenvalue weighted by Crippen LogP contribution is -2.49. The van der Waals surface area contributed by atoms with Crippen LogP contribution >= 0.6 is 0 Å². The molecular weight excluding hydrogens is 304 g/mol. The van der Waals surface area contributed by atoms with Crippen LogP contribution in [0.1, 0.15) is 28.0 Å². The number of rotatable bonds is 2. The lowest BCUT2D eigenvalue weighted by Gasteiger charge is -2.41. The van der Waals surface area contributed by atoms with Crippen molar-refractivity contribution in [3.63, 3.8) is 0 Å². The van der Waals surface area contributed by atoms with E-state index < -0.39 is 0 Å². The topological polar surface area (TPSA) is 67.4 Å². The fraction of sp³-hybridized carbons (Fsp3) is 0.389. The van der Waals surface area contributed by atoms with Crippen LogP contribution in [0.4, 0.5) is 5.82 Å². The number of hydrogen-bond donors (Lipinski definition) is 1. The molecule has 1 N–H and O–H groups in total. The number of amides is 1. The first-order valence-corrected chi connectivity index (χ1v) is 8.25. The fourth-order valence-electron chi connectivity index (χ4n) is 3.69. The number of benzene rings is 1. The third-order valence-electron chi connectivity index (χ3n) is 4.93. The van der Waals surface area contributed by atoms with Gasteiger partial charge in [-0.15, -0.1) is 10.2 Å². The zero-order valence-corrected chi connectivity index (χ0v) is 13.7. The van der Waals surface area contributed by atoms with Gasteiger partial charge in [-0.1, -0.05) is 24.3 Å². The van der Waals surface area contributed by atoms with Crippen LogP contribution in [0.25, 0.3) is 0 Å². The molecule has 0 radical (unpaired) electrons. The van der Waals surface area contributed by atoms with Gasteiger partial charge in [-0.2, -0.15) is 0 Å². The maximum absolute atomic E-state index is 11.6. The summed E-state index contributed by atoms with van der Waals surface area (Å²) >= 11 is 0. The molecule has 4 rings (SSSR count). The molecule has 1 atom stereocenters. The number of morpholine rings is 1. The van der Waals surface area contributed by atoms with E-state index in [1.165, 1.54) is 11.1 Å². The van der Waals surface area contributed by atoms with Crippen LogP contribution in [0.2, 0.25) is 0 Å². The van der Waals surface area contributed by atoms with E-state index in [2.05, 4.69) is 44.7 Å². The Labute approximate surface area is 140 Å². The van der Waals surface area contributed by atoms with Crippen molar-refractivity contribution in [1.82, 2.24) is 15.5 Å². The first kappa shape index (κ1) is 15.1. The van der Waals surface area contributed by atoms with Crippen molar-refractivity contribution in [2.45, 2.75) is 18.4 Å². The maximum Gasteiger partial charge on any atom is 0.271 e. The molecule has 1 saturated heterocycles. The molecule has 1 aliphatic carbocycles. The van der Waals surface area contributed by atoms with Gasteiger partial charge >= 0.3 is 0 Å². The molecule has 1 aromatic heterocycles. The molecule has 1 fully saturated rings. The predicted octanol–water partition coefficient (Wildman–Crippen LogP) is 1.51. The van der Waals surface area contributed by atoms with E-state index in [4.69, 9.17) is 4.74 Å². The summed E-state index contributed by atoms with van der Waals surface area (Å²) in [7, 11) is 1.58. The van der Waals surface area contributed by atoms with Gasteiger partial charge in [-0.3, -0.25) is 4.79 Å². The van der Waals surface area contributed by atoms with E-state index in [0.29, 0.717) is 12.3 Å². The van der Waals surface area contributed by atoms with Crippen LogP contribution in [0.5, 0.6) is 0 Å². The van der Waals surface area contributed by atoms with E-state index in [1.807, 2.05) is 6.07 Å². The van der Waals surface area contributed by atoms with E-state index in [-0.39, 0.29) is 11.5 Å². The van der Waals surface area contributed by atoms with Crippen LogP contribution in [0.3, 0.4) is 0 Å². The molecule has 2 aromatic rings. The Hall–Kier alpha value is -2.47. The number of aryl methyl sites for hydroxylation is 1. The lowest BCUT2D eigenvalue weighted by atomic mass is 9.93. The second-order valence-electron chi connectivity index (χ2n) is 6.28. The van der Waals surface area contributed by atoms with Crippen molar-refractivity contribution in [1.29, 1.82) is 0 Å². The zero-order chi connectivity index (χ0) is 16.6. The second kappa shape index (κ2) is 5.87. The van der Waals surface area contributed by atoms with E-state index in [1.54, 1.807) is 13.1 Å². The maximum atomic E-state index is 11.6. The Morgan fingerprint density at radius 2 is 2.12 bits per heavy atom. The quantitative estimate of drug-likeness (QED) is 0.907. The SMILES string of the molecule is CNC(=O)c1ccc(N2CCOC3(CCc4ccccc43)C2)nn1. The largest absolute Gasteiger partial charge is 0.367 e. The number of carbonyl (C=O) groups excluding carboxylic acids is 1. The van der Waals surface area contributed by atoms with Crippen molar-refractivity contribution >= 4 is 11.7 Å². The highest BCUT2D eigenvalue weighted by atomic mass is 16.5. The molecule has 6 nitrogen and oxygen atoms in total. The summed E-state index contributed by atoms with van der Waals surface area (Å²) in [6, 6.07) is 12.1. The molecule has 24 heavy (non-hydrogen) atoms. The van der Waals surface area contributed by atoms with Crippen molar-refractivity contribution in [2.75, 3.05) is 31.6 Å². The number of anilines is 1. The number of fused-ring (bicyclic) bond motifs is 2. The summed E-state index contributed by atoms with van der Waals surface area (Å²) < 4.78 is 6.23. The van der Waals surface area contributed by atoms with Gasteiger partial charge in [0.2, 0.25) is 0 Å². The van der Waals surface area contributed by atoms with Gasteiger partial charge in [0, 0.05) is 13.6 Å². The van der Waals surface area contributed by atoms with Crippen molar-refractivity contribution in [2.24, 2.45) is 0 Å². The molecule has 124 valence electrons. The first-order chi connectivity index (χ1) is 11.7. The summed E-state index contributed by atoms with van der Waals surface area (Å²) in [5.74, 6) is 0.562. The van der Waals surface area contributed by atoms with Gasteiger partial charge in [0.1, 0.15) is 5.60 Å². The third kappa shape index (κ3) is 2.43. The van der Waals surface area contributed by atoms with E-state index >= 15 is 0 Å². The molecule has 1 aliphatic heterocycles. The summed E-state index contributed by atoms with van der Waals surface area (Å²) in [5.41, 5.74) is 2.75. The van der Waals surface area contributed by atoms with Crippen molar-refractivity contribution < 1.29 is 9.53 Å². The molecular formula is C18H20N4O2. The summed E-state index contributed by atoms with van der Waals surface area (Å²) in [4.78, 5) is 13.8. The second-order valence-corrected chi connectivity index (χ2v) is 6.28. The number of nitrogens with one attached hydrogen (secondary N) is 1. The minimum atomic E-state index is -0.254. The van der Waals surface area contributed by atoms with Gasteiger partial charge in [0.15, 0.2) is 11.5 Å². The molecule has 1 amide bonds. The van der Waals surface area contributed by atoms with Crippen LogP contribution in [-0.2, 0) is 16.8 Å². The Morgan fingerprint density at radius 1 is 1.25 bits per heavy atom. The summed E-state index contributed by atoms with van der Waals surface area (Å²) in [6.07, 6.45) is 2.04. The van der Waals surface area contributed by atoms with E-state index in [0.717, 1.165) is 31.7 Å². The first-order valence-electron chi connectivity index (χ1n) is 8.25. The monoisotopic (exact) mass is 324 g/mol. The Balaban J connectivity index is 1.59. The van der Waals surface area contributed by atoms with Crippen molar-refractivity contribution in [3.8, 4) is 0 Å². The molecule has 0 saturated carbocycles. The van der Waals surface area contributed by atoms with Crippen LogP contribution < -0.4 is 10.2 Å². The summed E-state index contributed by atoms with van der Waals surface area (Å²) in [6.45, 7) is 2.20. The minimum absolute atomic E-state index is 0.225. The highest BCUT2D eigenvalue weighted by Crippen LogP contribution is 2.42. The molecule has 2 heterocycles. The van der Waals surface area contributed by atoms with Crippen LogP contribution in [0, 0.1) is 0 Å². The number of aromatic nitrogens is 2.